The summed E-state index contributed by atoms with van der Waals surface area (Å²) in [5, 5.41) is 5.47. The van der Waals surface area contributed by atoms with E-state index in [1.165, 1.54) is 0 Å². The molecule has 1 aromatic carbocycles. The van der Waals surface area contributed by atoms with Gasteiger partial charge in [-0.15, -0.1) is 0 Å². The minimum atomic E-state index is -0.572. The van der Waals surface area contributed by atoms with E-state index < -0.39 is 17.6 Å². The van der Waals surface area contributed by atoms with Crippen LogP contribution in [-0.2, 0) is 14.3 Å². The topological polar surface area (TPSA) is 76.7 Å². The van der Waals surface area contributed by atoms with Crippen molar-refractivity contribution in [2.75, 3.05) is 13.2 Å². The summed E-state index contributed by atoms with van der Waals surface area (Å²) in [6, 6.07) is 8.37. The van der Waals surface area contributed by atoms with E-state index in [9.17, 15) is 9.59 Å². The maximum absolute atomic E-state index is 12.5. The van der Waals surface area contributed by atoms with Crippen molar-refractivity contribution in [1.82, 2.24) is 10.6 Å². The molecule has 1 aliphatic rings. The fourth-order valence-electron chi connectivity index (χ4n) is 2.37. The molecule has 1 heterocycles. The average Bonchev–Trinajstić information content (AvgIpc) is 2.52. The molecule has 6 nitrogen and oxygen atoms in total. The molecule has 1 atom stereocenters. The number of esters is 1. The predicted molar refractivity (Wildman–Crippen MR) is 90.2 cm³/mol. The van der Waals surface area contributed by atoms with Crippen LogP contribution in [0.1, 0.15) is 39.3 Å². The maximum Gasteiger partial charge on any atom is 0.338 e. The summed E-state index contributed by atoms with van der Waals surface area (Å²) in [6.45, 7) is 7.86. The molecule has 130 valence electrons. The highest BCUT2D eigenvalue weighted by atomic mass is 16.5. The standard InChI is InChI=1S/C18H24N2O4/c1-5-23-16(21)14-13(11-24-18(2,3)4)19-17(22)20-15(14)12-9-7-6-8-10-12/h6-10,15H,5,11H2,1-4H3,(H2,19,20,22). The lowest BCUT2D eigenvalue weighted by Gasteiger charge is -2.30. The molecule has 0 spiro atoms. The van der Waals surface area contributed by atoms with Gasteiger partial charge in [0.2, 0.25) is 0 Å². The Balaban J connectivity index is 2.43. The Bertz CT molecular complexity index is 632. The molecule has 0 radical (unpaired) electrons. The molecule has 0 fully saturated rings. The second-order valence-electron chi connectivity index (χ2n) is 6.46. The normalized spacial score (nSPS) is 18.0. The molecule has 2 N–H and O–H groups in total. The molecule has 2 rings (SSSR count). The van der Waals surface area contributed by atoms with Crippen LogP contribution in [-0.4, -0.2) is 30.8 Å². The van der Waals surface area contributed by atoms with Crippen molar-refractivity contribution in [3.63, 3.8) is 0 Å². The van der Waals surface area contributed by atoms with Crippen LogP contribution >= 0.6 is 0 Å². The highest BCUT2D eigenvalue weighted by Crippen LogP contribution is 2.28. The number of carbonyl (C=O) groups excluding carboxylic acids is 2. The van der Waals surface area contributed by atoms with Crippen molar-refractivity contribution >= 4 is 12.0 Å². The monoisotopic (exact) mass is 332 g/mol. The lowest BCUT2D eigenvalue weighted by molar-refractivity contribution is -0.139. The molecule has 2 amide bonds. The first kappa shape index (κ1) is 18.0. The van der Waals surface area contributed by atoms with E-state index in [1.807, 2.05) is 51.1 Å². The number of hydrogen-bond donors (Lipinski definition) is 2. The minimum absolute atomic E-state index is 0.119. The van der Waals surface area contributed by atoms with Crippen LogP contribution in [0.5, 0.6) is 0 Å². The summed E-state index contributed by atoms with van der Waals surface area (Å²) in [7, 11) is 0. The van der Waals surface area contributed by atoms with Crippen LogP contribution in [0.25, 0.3) is 0 Å². The molecule has 0 saturated heterocycles. The Morgan fingerprint density at radius 2 is 1.88 bits per heavy atom. The first-order valence-corrected chi connectivity index (χ1v) is 7.98. The Kier molecular flexibility index (Phi) is 5.62. The predicted octanol–water partition coefficient (Wildman–Crippen LogP) is 2.67. The summed E-state index contributed by atoms with van der Waals surface area (Å²) in [6.07, 6.45) is 0. The summed E-state index contributed by atoms with van der Waals surface area (Å²) >= 11 is 0. The zero-order chi connectivity index (χ0) is 17.7. The van der Waals surface area contributed by atoms with Crippen LogP contribution in [0.3, 0.4) is 0 Å². The van der Waals surface area contributed by atoms with E-state index in [0.29, 0.717) is 11.3 Å². The third kappa shape index (κ3) is 4.58. The zero-order valence-corrected chi connectivity index (χ0v) is 14.5. The van der Waals surface area contributed by atoms with Crippen molar-refractivity contribution in [1.29, 1.82) is 0 Å². The smallest absolute Gasteiger partial charge is 0.338 e. The molecule has 1 unspecified atom stereocenters. The number of amides is 2. The fourth-order valence-corrected chi connectivity index (χ4v) is 2.37. The molecule has 0 aromatic heterocycles. The van der Waals surface area contributed by atoms with E-state index in [2.05, 4.69) is 10.6 Å². The average molecular weight is 332 g/mol. The first-order valence-electron chi connectivity index (χ1n) is 7.98. The minimum Gasteiger partial charge on any atom is -0.463 e. The molecule has 6 heteroatoms. The van der Waals surface area contributed by atoms with Gasteiger partial charge in [-0.05, 0) is 33.3 Å². The number of hydrogen-bond acceptors (Lipinski definition) is 4. The zero-order valence-electron chi connectivity index (χ0n) is 14.5. The Morgan fingerprint density at radius 3 is 2.46 bits per heavy atom. The molecule has 24 heavy (non-hydrogen) atoms. The second kappa shape index (κ2) is 7.49. The van der Waals surface area contributed by atoms with Crippen LogP contribution < -0.4 is 10.6 Å². The quantitative estimate of drug-likeness (QED) is 0.813. The van der Waals surface area contributed by atoms with Crippen molar-refractivity contribution in [2.45, 2.75) is 39.3 Å². The Labute approximate surface area is 142 Å². The number of rotatable bonds is 5. The number of ether oxygens (including phenoxy) is 2. The summed E-state index contributed by atoms with van der Waals surface area (Å²) < 4.78 is 10.9. The summed E-state index contributed by atoms with van der Waals surface area (Å²) in [5.41, 5.74) is 1.21. The van der Waals surface area contributed by atoms with Gasteiger partial charge in [0, 0.05) is 0 Å². The number of nitrogens with one attached hydrogen (secondary N) is 2. The van der Waals surface area contributed by atoms with Crippen molar-refractivity contribution in [3.8, 4) is 0 Å². The van der Waals surface area contributed by atoms with Crippen LogP contribution in [0, 0.1) is 0 Å². The van der Waals surface area contributed by atoms with E-state index in [4.69, 9.17) is 9.47 Å². The van der Waals surface area contributed by atoms with Gasteiger partial charge in [-0.1, -0.05) is 30.3 Å². The van der Waals surface area contributed by atoms with Crippen molar-refractivity contribution in [3.05, 3.63) is 47.2 Å². The molecule has 0 aliphatic carbocycles. The van der Waals surface area contributed by atoms with Gasteiger partial charge >= 0.3 is 12.0 Å². The highest BCUT2D eigenvalue weighted by Gasteiger charge is 2.34. The maximum atomic E-state index is 12.5. The SMILES string of the molecule is CCOC(=O)C1=C(COC(C)(C)C)NC(=O)NC1c1ccccc1. The van der Waals surface area contributed by atoms with E-state index in [1.54, 1.807) is 6.92 Å². The van der Waals surface area contributed by atoms with E-state index >= 15 is 0 Å². The largest absolute Gasteiger partial charge is 0.463 e. The van der Waals surface area contributed by atoms with Crippen molar-refractivity contribution in [2.24, 2.45) is 0 Å². The van der Waals surface area contributed by atoms with Crippen LogP contribution in [0.15, 0.2) is 41.6 Å². The lowest BCUT2D eigenvalue weighted by atomic mass is 9.95. The van der Waals surface area contributed by atoms with Crippen LogP contribution in [0.4, 0.5) is 4.79 Å². The van der Waals surface area contributed by atoms with Gasteiger partial charge in [0.25, 0.3) is 0 Å². The molecule has 0 saturated carbocycles. The first-order chi connectivity index (χ1) is 11.3. The van der Waals surface area contributed by atoms with Gasteiger partial charge in [-0.2, -0.15) is 0 Å². The van der Waals surface area contributed by atoms with Gasteiger partial charge < -0.3 is 20.1 Å². The Morgan fingerprint density at radius 1 is 1.21 bits per heavy atom. The number of urea groups is 1. The van der Waals surface area contributed by atoms with Gasteiger partial charge in [-0.25, -0.2) is 9.59 Å². The van der Waals surface area contributed by atoms with Gasteiger partial charge in [-0.3, -0.25) is 0 Å². The lowest BCUT2D eigenvalue weighted by Crippen LogP contribution is -2.47. The molecule has 1 aromatic rings. The third-order valence-electron chi connectivity index (χ3n) is 3.43. The molecular formula is C18H24N2O4. The van der Waals surface area contributed by atoms with E-state index in [0.717, 1.165) is 5.56 Å². The molecular weight excluding hydrogens is 308 g/mol. The van der Waals surface area contributed by atoms with E-state index in [-0.39, 0.29) is 19.2 Å². The second-order valence-corrected chi connectivity index (χ2v) is 6.46. The third-order valence-corrected chi connectivity index (χ3v) is 3.43. The van der Waals surface area contributed by atoms with Gasteiger partial charge in [0.1, 0.15) is 0 Å². The fraction of sp³-hybridized carbons (Fsp3) is 0.444. The number of benzene rings is 1. The Hall–Kier alpha value is -2.34. The molecule has 1 aliphatic heterocycles. The summed E-state index contributed by atoms with van der Waals surface area (Å²) in [4.78, 5) is 24.5. The van der Waals surface area contributed by atoms with Crippen LogP contribution in [0.2, 0.25) is 0 Å². The van der Waals surface area contributed by atoms with Gasteiger partial charge in [0.15, 0.2) is 0 Å². The van der Waals surface area contributed by atoms with Crippen molar-refractivity contribution < 1.29 is 19.1 Å². The van der Waals surface area contributed by atoms with Gasteiger partial charge in [0.05, 0.1) is 36.1 Å². The highest BCUT2D eigenvalue weighted by molar-refractivity contribution is 5.95. The molecule has 0 bridgehead atoms. The number of carbonyl (C=O) groups is 2. The summed E-state index contributed by atoms with van der Waals surface area (Å²) in [5.74, 6) is -0.466.